The average molecular weight is 382 g/mol. The highest BCUT2D eigenvalue weighted by Gasteiger charge is 2.48. The largest absolute Gasteiger partial charge is 0.462 e. The number of nitrogens with one attached hydrogen (secondary N) is 1. The third kappa shape index (κ3) is 3.41. The van der Waals surface area contributed by atoms with Gasteiger partial charge in [-0.1, -0.05) is 19.3 Å². The number of nitrogens with zero attached hydrogens (tertiary/aromatic N) is 2. The molecule has 1 aromatic carbocycles. The number of cyclic esters (lactones) is 1. The molecule has 1 atom stereocenters. The van der Waals surface area contributed by atoms with Crippen LogP contribution in [0, 0.1) is 5.41 Å². The lowest BCUT2D eigenvalue weighted by Gasteiger charge is -2.36. The molecule has 3 aliphatic rings. The van der Waals surface area contributed by atoms with Gasteiger partial charge in [-0.05, 0) is 43.5 Å². The zero-order valence-corrected chi connectivity index (χ0v) is 16.7. The van der Waals surface area contributed by atoms with E-state index < -0.39 is 0 Å². The summed E-state index contributed by atoms with van der Waals surface area (Å²) in [7, 11) is 0. The number of anilines is 1. The molecular weight excluding hydrogens is 350 g/mol. The van der Waals surface area contributed by atoms with Crippen LogP contribution in [0.25, 0.3) is 10.9 Å². The number of ether oxygens (including phenoxy) is 1. The van der Waals surface area contributed by atoms with E-state index in [1.807, 2.05) is 6.20 Å². The summed E-state index contributed by atoms with van der Waals surface area (Å²) in [6.45, 7) is 5.32. The standard InChI is InChI=1S/C23H31N3O2/c27-22-23(8-2-1-3-9-23)17-20(28-22)7-11-25-12-14-26(15-13-25)19-4-5-21-18(16-19)6-10-24-21/h4-6,10,16,20,24H,1-3,7-9,11-15,17H2/t20-/m0/s1. The number of piperazine rings is 1. The SMILES string of the molecule is O=C1O[C@@H](CCN2CCN(c3ccc4[nH]ccc4c3)CC2)CC12CCCCC2. The van der Waals surface area contributed by atoms with E-state index >= 15 is 0 Å². The Morgan fingerprint density at radius 2 is 1.89 bits per heavy atom. The summed E-state index contributed by atoms with van der Waals surface area (Å²) in [6, 6.07) is 8.81. The van der Waals surface area contributed by atoms with Gasteiger partial charge in [0.15, 0.2) is 0 Å². The van der Waals surface area contributed by atoms with Crippen molar-refractivity contribution in [3.05, 3.63) is 30.5 Å². The number of aromatic nitrogens is 1. The molecule has 3 heterocycles. The van der Waals surface area contributed by atoms with Crippen molar-refractivity contribution in [2.45, 2.75) is 51.0 Å². The Bertz CT molecular complexity index is 831. The highest BCUT2D eigenvalue weighted by Crippen LogP contribution is 2.46. The summed E-state index contributed by atoms with van der Waals surface area (Å²) < 4.78 is 5.79. The molecule has 5 heteroatoms. The fourth-order valence-electron chi connectivity index (χ4n) is 5.43. The number of benzene rings is 1. The summed E-state index contributed by atoms with van der Waals surface area (Å²) in [5.74, 6) is 0.0992. The molecule has 0 bridgehead atoms. The van der Waals surface area contributed by atoms with Crippen molar-refractivity contribution in [1.82, 2.24) is 9.88 Å². The average Bonchev–Trinajstić information content (AvgIpc) is 3.32. The molecule has 0 unspecified atom stereocenters. The molecule has 1 saturated carbocycles. The van der Waals surface area contributed by atoms with Crippen LogP contribution < -0.4 is 4.90 Å². The number of esters is 1. The zero-order chi connectivity index (χ0) is 19.0. The van der Waals surface area contributed by atoms with Crippen molar-refractivity contribution in [2.24, 2.45) is 5.41 Å². The van der Waals surface area contributed by atoms with Gasteiger partial charge in [0.2, 0.25) is 0 Å². The first-order chi connectivity index (χ1) is 13.7. The Balaban J connectivity index is 1.11. The smallest absolute Gasteiger partial charge is 0.312 e. The highest BCUT2D eigenvalue weighted by molar-refractivity contribution is 5.83. The second-order valence-corrected chi connectivity index (χ2v) is 8.94. The lowest BCUT2D eigenvalue weighted by Crippen LogP contribution is -2.47. The van der Waals surface area contributed by atoms with E-state index in [4.69, 9.17) is 4.74 Å². The molecule has 0 radical (unpaired) electrons. The van der Waals surface area contributed by atoms with E-state index in [2.05, 4.69) is 39.0 Å². The van der Waals surface area contributed by atoms with Crippen LogP contribution in [0.1, 0.15) is 44.9 Å². The molecule has 2 aromatic rings. The maximum Gasteiger partial charge on any atom is 0.312 e. The van der Waals surface area contributed by atoms with Gasteiger partial charge in [-0.15, -0.1) is 0 Å². The van der Waals surface area contributed by atoms with Crippen LogP contribution in [0.15, 0.2) is 30.5 Å². The van der Waals surface area contributed by atoms with Gasteiger partial charge in [0.05, 0.1) is 5.41 Å². The lowest BCUT2D eigenvalue weighted by atomic mass is 9.72. The number of H-pyrrole nitrogens is 1. The summed E-state index contributed by atoms with van der Waals surface area (Å²) in [5.41, 5.74) is 2.39. The Hall–Kier alpha value is -2.01. The van der Waals surface area contributed by atoms with Crippen LogP contribution in [-0.2, 0) is 9.53 Å². The first kappa shape index (κ1) is 18.0. The minimum Gasteiger partial charge on any atom is -0.462 e. The second-order valence-electron chi connectivity index (χ2n) is 8.94. The number of carbonyl (C=O) groups excluding carboxylic acids is 1. The van der Waals surface area contributed by atoms with E-state index in [0.717, 1.165) is 58.4 Å². The van der Waals surface area contributed by atoms with Crippen LogP contribution in [0.2, 0.25) is 0 Å². The Labute approximate surface area is 167 Å². The summed E-state index contributed by atoms with van der Waals surface area (Å²) in [4.78, 5) is 20.7. The van der Waals surface area contributed by atoms with Gasteiger partial charge in [0.1, 0.15) is 6.10 Å². The van der Waals surface area contributed by atoms with Crippen molar-refractivity contribution in [1.29, 1.82) is 0 Å². The fraction of sp³-hybridized carbons (Fsp3) is 0.609. The predicted molar refractivity (Wildman–Crippen MR) is 112 cm³/mol. The van der Waals surface area contributed by atoms with E-state index in [0.29, 0.717) is 0 Å². The number of aromatic amines is 1. The molecule has 150 valence electrons. The summed E-state index contributed by atoms with van der Waals surface area (Å²) in [6.07, 6.45) is 9.85. The normalized spacial score (nSPS) is 25.5. The Morgan fingerprint density at radius 1 is 1.07 bits per heavy atom. The Kier molecular flexibility index (Phi) is 4.79. The van der Waals surface area contributed by atoms with Gasteiger partial charge < -0.3 is 14.6 Å². The molecule has 1 N–H and O–H groups in total. The molecule has 0 amide bonds. The van der Waals surface area contributed by atoms with Gasteiger partial charge >= 0.3 is 5.97 Å². The minimum atomic E-state index is -0.127. The van der Waals surface area contributed by atoms with Crippen molar-refractivity contribution < 1.29 is 9.53 Å². The van der Waals surface area contributed by atoms with Crippen LogP contribution in [0.4, 0.5) is 5.69 Å². The molecule has 1 aliphatic carbocycles. The first-order valence-corrected chi connectivity index (χ1v) is 11.0. The van der Waals surface area contributed by atoms with Crippen LogP contribution in [-0.4, -0.2) is 54.7 Å². The number of hydrogen-bond donors (Lipinski definition) is 1. The molecule has 3 fully saturated rings. The number of rotatable bonds is 4. The summed E-state index contributed by atoms with van der Waals surface area (Å²) >= 11 is 0. The van der Waals surface area contributed by atoms with Crippen molar-refractivity contribution >= 4 is 22.6 Å². The highest BCUT2D eigenvalue weighted by atomic mass is 16.6. The number of hydrogen-bond acceptors (Lipinski definition) is 4. The topological polar surface area (TPSA) is 48.6 Å². The first-order valence-electron chi connectivity index (χ1n) is 11.0. The Morgan fingerprint density at radius 3 is 2.71 bits per heavy atom. The molecule has 2 saturated heterocycles. The lowest BCUT2D eigenvalue weighted by molar-refractivity contribution is -0.150. The molecule has 1 spiro atoms. The van der Waals surface area contributed by atoms with Gasteiger partial charge in [-0.25, -0.2) is 0 Å². The maximum absolute atomic E-state index is 12.4. The third-order valence-electron chi connectivity index (χ3n) is 7.18. The van der Waals surface area contributed by atoms with Crippen LogP contribution in [0.5, 0.6) is 0 Å². The molecule has 1 aromatic heterocycles. The maximum atomic E-state index is 12.4. The fourth-order valence-corrected chi connectivity index (χ4v) is 5.43. The predicted octanol–water partition coefficient (Wildman–Crippen LogP) is 3.95. The van der Waals surface area contributed by atoms with E-state index in [1.165, 1.54) is 35.9 Å². The number of fused-ring (bicyclic) bond motifs is 1. The summed E-state index contributed by atoms with van der Waals surface area (Å²) in [5, 5.41) is 1.28. The van der Waals surface area contributed by atoms with Gasteiger partial charge in [0.25, 0.3) is 0 Å². The van der Waals surface area contributed by atoms with Crippen molar-refractivity contribution in [3.8, 4) is 0 Å². The van der Waals surface area contributed by atoms with Gasteiger partial charge in [-0.2, -0.15) is 0 Å². The monoisotopic (exact) mass is 381 g/mol. The minimum absolute atomic E-state index is 0.0992. The van der Waals surface area contributed by atoms with Gasteiger partial charge in [0, 0.05) is 61.9 Å². The second kappa shape index (κ2) is 7.43. The van der Waals surface area contributed by atoms with E-state index in [-0.39, 0.29) is 17.5 Å². The zero-order valence-electron chi connectivity index (χ0n) is 16.7. The van der Waals surface area contributed by atoms with Crippen molar-refractivity contribution in [3.63, 3.8) is 0 Å². The van der Waals surface area contributed by atoms with Gasteiger partial charge in [-0.3, -0.25) is 9.69 Å². The van der Waals surface area contributed by atoms with E-state index in [1.54, 1.807) is 0 Å². The molecule has 2 aliphatic heterocycles. The van der Waals surface area contributed by atoms with Crippen LogP contribution >= 0.6 is 0 Å². The third-order valence-corrected chi connectivity index (χ3v) is 7.18. The molecule has 5 rings (SSSR count). The molecule has 28 heavy (non-hydrogen) atoms. The van der Waals surface area contributed by atoms with Crippen molar-refractivity contribution in [2.75, 3.05) is 37.6 Å². The number of carbonyl (C=O) groups is 1. The molecule has 5 nitrogen and oxygen atoms in total. The quantitative estimate of drug-likeness (QED) is 0.815. The molecular formula is C23H31N3O2. The van der Waals surface area contributed by atoms with E-state index in [9.17, 15) is 4.79 Å². The van der Waals surface area contributed by atoms with Crippen LogP contribution in [0.3, 0.4) is 0 Å².